The van der Waals surface area contributed by atoms with Gasteiger partial charge in [-0.25, -0.2) is 0 Å². The number of benzene rings is 1. The van der Waals surface area contributed by atoms with Gasteiger partial charge in [-0.2, -0.15) is 5.26 Å². The average Bonchev–Trinajstić information content (AvgIpc) is 2.85. The Morgan fingerprint density at radius 3 is 3.00 bits per heavy atom. The Morgan fingerprint density at radius 2 is 2.22 bits per heavy atom. The third kappa shape index (κ3) is 1.98. The average molecular weight is 275 g/mol. The van der Waals surface area contributed by atoms with Gasteiger partial charge >= 0.3 is 0 Å². The van der Waals surface area contributed by atoms with Crippen molar-refractivity contribution in [2.24, 2.45) is 0 Å². The number of hydrogen-bond donors (Lipinski definition) is 0. The van der Waals surface area contributed by atoms with E-state index in [-0.39, 0.29) is 0 Å². The van der Waals surface area contributed by atoms with Gasteiger partial charge in [0, 0.05) is 23.7 Å². The lowest BCUT2D eigenvalue weighted by Gasteiger charge is -2.29. The lowest BCUT2D eigenvalue weighted by Crippen LogP contribution is -2.29. The Labute approximate surface area is 115 Å². The molecule has 2 heterocycles. The minimum absolute atomic E-state index is 0.533. The first-order chi connectivity index (χ1) is 8.78. The number of nitrogens with zero attached hydrogens (tertiary/aromatic N) is 2. The van der Waals surface area contributed by atoms with Crippen molar-refractivity contribution >= 4 is 28.6 Å². The molecule has 3 rings (SSSR count). The third-order valence-electron chi connectivity index (χ3n) is 3.25. The van der Waals surface area contributed by atoms with E-state index in [1.165, 1.54) is 10.4 Å². The maximum Gasteiger partial charge on any atom is 0.101 e. The summed E-state index contributed by atoms with van der Waals surface area (Å²) in [6.07, 6.45) is 1.09. The number of nitriles is 1. The molecule has 4 heteroatoms. The van der Waals surface area contributed by atoms with Crippen LogP contribution in [0.3, 0.4) is 0 Å². The molecule has 2 nitrogen and oxygen atoms in total. The summed E-state index contributed by atoms with van der Waals surface area (Å²) in [5.74, 6) is 0. The van der Waals surface area contributed by atoms with Gasteiger partial charge in [0.25, 0.3) is 0 Å². The van der Waals surface area contributed by atoms with E-state index in [4.69, 9.17) is 16.9 Å². The highest BCUT2D eigenvalue weighted by molar-refractivity contribution is 7.10. The van der Waals surface area contributed by atoms with Crippen molar-refractivity contribution in [3.05, 3.63) is 50.7 Å². The summed E-state index contributed by atoms with van der Waals surface area (Å²) in [4.78, 5) is 3.80. The number of fused-ring (bicyclic) bond motifs is 1. The van der Waals surface area contributed by atoms with E-state index in [2.05, 4.69) is 22.4 Å². The van der Waals surface area contributed by atoms with Crippen LogP contribution >= 0.6 is 22.9 Å². The van der Waals surface area contributed by atoms with Crippen molar-refractivity contribution in [2.45, 2.75) is 13.0 Å². The molecule has 2 aromatic rings. The standard InChI is InChI=1S/C14H11ClN2S/c15-13-7-12(2-1-10(13)8-16)17-5-3-14-11(9-17)4-6-18-14/h1-2,4,6-7H,3,5,9H2. The Bertz CT molecular complexity index is 627. The molecule has 0 saturated carbocycles. The molecule has 90 valence electrons. The van der Waals surface area contributed by atoms with Crippen LogP contribution < -0.4 is 4.90 Å². The maximum absolute atomic E-state index is 8.88. The Kier molecular flexibility index (Phi) is 2.99. The minimum atomic E-state index is 0.533. The molecule has 0 N–H and O–H groups in total. The highest BCUT2D eigenvalue weighted by atomic mass is 35.5. The normalized spacial score (nSPS) is 14.1. The predicted octanol–water partition coefficient (Wildman–Crippen LogP) is 3.84. The van der Waals surface area contributed by atoms with Crippen molar-refractivity contribution in [3.63, 3.8) is 0 Å². The van der Waals surface area contributed by atoms with Gasteiger partial charge in [0.15, 0.2) is 0 Å². The molecule has 1 aromatic heterocycles. The number of anilines is 1. The largest absolute Gasteiger partial charge is 0.367 e. The molecule has 1 aliphatic rings. The summed E-state index contributed by atoms with van der Waals surface area (Å²) in [7, 11) is 0. The molecule has 0 saturated heterocycles. The molecule has 0 spiro atoms. The second kappa shape index (κ2) is 4.64. The fraction of sp³-hybridized carbons (Fsp3) is 0.214. The Balaban J connectivity index is 1.89. The first-order valence-corrected chi connectivity index (χ1v) is 7.03. The van der Waals surface area contributed by atoms with E-state index in [1.54, 1.807) is 6.07 Å². The van der Waals surface area contributed by atoms with E-state index in [9.17, 15) is 0 Å². The highest BCUT2D eigenvalue weighted by Crippen LogP contribution is 2.30. The topological polar surface area (TPSA) is 27.0 Å². The van der Waals surface area contributed by atoms with Crippen molar-refractivity contribution in [1.82, 2.24) is 0 Å². The van der Waals surface area contributed by atoms with Gasteiger partial charge in [-0.05, 0) is 41.6 Å². The number of hydrogen-bond acceptors (Lipinski definition) is 3. The van der Waals surface area contributed by atoms with Gasteiger partial charge in [0.1, 0.15) is 6.07 Å². The van der Waals surface area contributed by atoms with Gasteiger partial charge in [-0.15, -0.1) is 11.3 Å². The first-order valence-electron chi connectivity index (χ1n) is 5.78. The highest BCUT2D eigenvalue weighted by Gasteiger charge is 2.17. The molecule has 18 heavy (non-hydrogen) atoms. The van der Waals surface area contributed by atoms with Crippen LogP contribution in [0.2, 0.25) is 5.02 Å². The first kappa shape index (κ1) is 11.6. The fourth-order valence-electron chi connectivity index (χ4n) is 2.26. The van der Waals surface area contributed by atoms with Crippen molar-refractivity contribution in [2.75, 3.05) is 11.4 Å². The van der Waals surface area contributed by atoms with Gasteiger partial charge in [0.2, 0.25) is 0 Å². The molecule has 0 fully saturated rings. The van der Waals surface area contributed by atoms with E-state index in [0.29, 0.717) is 10.6 Å². The number of halogens is 1. The molecule has 1 aliphatic heterocycles. The lowest BCUT2D eigenvalue weighted by atomic mass is 10.1. The molecular weight excluding hydrogens is 264 g/mol. The smallest absolute Gasteiger partial charge is 0.101 e. The second-order valence-electron chi connectivity index (χ2n) is 4.32. The van der Waals surface area contributed by atoms with Crippen LogP contribution in [0.1, 0.15) is 16.0 Å². The zero-order valence-corrected chi connectivity index (χ0v) is 11.3. The van der Waals surface area contributed by atoms with Crippen molar-refractivity contribution in [3.8, 4) is 6.07 Å². The van der Waals surface area contributed by atoms with Gasteiger partial charge < -0.3 is 4.90 Å². The second-order valence-corrected chi connectivity index (χ2v) is 5.72. The number of thiophene rings is 1. The summed E-state index contributed by atoms with van der Waals surface area (Å²) < 4.78 is 0. The number of rotatable bonds is 1. The Morgan fingerprint density at radius 1 is 1.33 bits per heavy atom. The van der Waals surface area contributed by atoms with Crippen LogP contribution in [-0.4, -0.2) is 6.54 Å². The molecule has 0 bridgehead atoms. The van der Waals surface area contributed by atoms with Crippen LogP contribution in [0, 0.1) is 11.3 Å². The summed E-state index contributed by atoms with van der Waals surface area (Å²) in [5.41, 5.74) is 3.04. The summed E-state index contributed by atoms with van der Waals surface area (Å²) >= 11 is 7.92. The van der Waals surface area contributed by atoms with E-state index < -0.39 is 0 Å². The predicted molar refractivity (Wildman–Crippen MR) is 75.2 cm³/mol. The quantitative estimate of drug-likeness (QED) is 0.790. The van der Waals surface area contributed by atoms with Crippen LogP contribution in [0.15, 0.2) is 29.6 Å². The van der Waals surface area contributed by atoms with Gasteiger partial charge in [0.05, 0.1) is 10.6 Å². The van der Waals surface area contributed by atoms with Crippen LogP contribution in [0.25, 0.3) is 0 Å². The summed E-state index contributed by atoms with van der Waals surface area (Å²) in [5, 5.41) is 11.6. The minimum Gasteiger partial charge on any atom is -0.367 e. The van der Waals surface area contributed by atoms with Gasteiger partial charge in [-0.3, -0.25) is 0 Å². The van der Waals surface area contributed by atoms with Crippen molar-refractivity contribution in [1.29, 1.82) is 5.26 Å². The van der Waals surface area contributed by atoms with Crippen LogP contribution in [0.5, 0.6) is 0 Å². The van der Waals surface area contributed by atoms with E-state index in [0.717, 1.165) is 25.2 Å². The van der Waals surface area contributed by atoms with Crippen LogP contribution in [0.4, 0.5) is 5.69 Å². The van der Waals surface area contributed by atoms with Crippen molar-refractivity contribution < 1.29 is 0 Å². The van der Waals surface area contributed by atoms with Crippen LogP contribution in [-0.2, 0) is 13.0 Å². The van der Waals surface area contributed by atoms with Gasteiger partial charge in [-0.1, -0.05) is 11.6 Å². The zero-order chi connectivity index (χ0) is 12.5. The van der Waals surface area contributed by atoms with E-state index >= 15 is 0 Å². The maximum atomic E-state index is 8.88. The summed E-state index contributed by atoms with van der Waals surface area (Å²) in [6.45, 7) is 1.94. The molecule has 0 radical (unpaired) electrons. The molecular formula is C14H11ClN2S. The lowest BCUT2D eigenvalue weighted by molar-refractivity contribution is 0.744. The zero-order valence-electron chi connectivity index (χ0n) is 9.69. The molecule has 0 aliphatic carbocycles. The SMILES string of the molecule is N#Cc1ccc(N2CCc3sccc3C2)cc1Cl. The monoisotopic (exact) mass is 274 g/mol. The molecule has 0 atom stereocenters. The molecule has 0 unspecified atom stereocenters. The van der Waals surface area contributed by atoms with E-state index in [1.807, 2.05) is 23.5 Å². The summed E-state index contributed by atoms with van der Waals surface area (Å²) in [6, 6.07) is 9.93. The molecule has 1 aromatic carbocycles. The molecule has 0 amide bonds. The third-order valence-corrected chi connectivity index (χ3v) is 4.58. The Hall–Kier alpha value is -1.50. The fourth-order valence-corrected chi connectivity index (χ4v) is 3.37.